The Balaban J connectivity index is 2.60. The minimum Gasteiger partial charge on any atom is -0.496 e. The smallest absolute Gasteiger partial charge is 0.124 e. The summed E-state index contributed by atoms with van der Waals surface area (Å²) in [5, 5.41) is 11.5. The molecule has 0 radical (unpaired) electrons. The first-order valence-electron chi connectivity index (χ1n) is 4.87. The second-order valence-corrected chi connectivity index (χ2v) is 3.93. The van der Waals surface area contributed by atoms with E-state index >= 15 is 0 Å². The molecule has 0 saturated carbocycles. The van der Waals surface area contributed by atoms with E-state index in [0.717, 1.165) is 22.1 Å². The van der Waals surface area contributed by atoms with Crippen LogP contribution in [-0.2, 0) is 6.54 Å². The van der Waals surface area contributed by atoms with E-state index in [0.29, 0.717) is 11.6 Å². The van der Waals surface area contributed by atoms with Gasteiger partial charge < -0.3 is 9.94 Å². The van der Waals surface area contributed by atoms with Gasteiger partial charge in [-0.15, -0.1) is 0 Å². The molecule has 0 amide bonds. The number of ether oxygens (including phenoxy) is 1. The Kier molecular flexibility index (Phi) is 3.29. The molecule has 3 nitrogen and oxygen atoms in total. The van der Waals surface area contributed by atoms with Gasteiger partial charge in [0.25, 0.3) is 0 Å². The van der Waals surface area contributed by atoms with Crippen LogP contribution in [0.2, 0.25) is 5.02 Å². The summed E-state index contributed by atoms with van der Waals surface area (Å²) < 4.78 is 5.25. The van der Waals surface area contributed by atoms with Gasteiger partial charge in [-0.05, 0) is 35.0 Å². The van der Waals surface area contributed by atoms with Gasteiger partial charge >= 0.3 is 0 Å². The summed E-state index contributed by atoms with van der Waals surface area (Å²) in [6, 6.07) is 9.54. The number of hydrogen-bond acceptors (Lipinski definition) is 3. The molecule has 0 spiro atoms. The average molecular weight is 238 g/mol. The van der Waals surface area contributed by atoms with E-state index in [9.17, 15) is 0 Å². The number of benzene rings is 2. The van der Waals surface area contributed by atoms with Crippen LogP contribution in [-0.4, -0.2) is 12.3 Å². The monoisotopic (exact) mass is 237 g/mol. The fourth-order valence-corrected chi connectivity index (χ4v) is 1.89. The van der Waals surface area contributed by atoms with Crippen LogP contribution in [0.3, 0.4) is 0 Å². The fraction of sp³-hybridized carbons (Fsp3) is 0.167. The van der Waals surface area contributed by atoms with Crippen LogP contribution >= 0.6 is 11.6 Å². The highest BCUT2D eigenvalue weighted by molar-refractivity contribution is 6.31. The molecule has 2 rings (SSSR count). The summed E-state index contributed by atoms with van der Waals surface area (Å²) in [6.45, 7) is 0.339. The lowest BCUT2D eigenvalue weighted by Crippen LogP contribution is -2.07. The van der Waals surface area contributed by atoms with Gasteiger partial charge in [0, 0.05) is 17.1 Å². The van der Waals surface area contributed by atoms with E-state index in [2.05, 4.69) is 5.48 Å². The summed E-state index contributed by atoms with van der Waals surface area (Å²) in [4.78, 5) is 0. The van der Waals surface area contributed by atoms with Gasteiger partial charge in [-0.1, -0.05) is 17.7 Å². The van der Waals surface area contributed by atoms with Crippen LogP contribution in [0, 0.1) is 0 Å². The quantitative estimate of drug-likeness (QED) is 0.807. The Hall–Kier alpha value is -1.29. The molecule has 0 fully saturated rings. The molecule has 0 heterocycles. The molecule has 0 aliphatic carbocycles. The zero-order valence-corrected chi connectivity index (χ0v) is 9.58. The highest BCUT2D eigenvalue weighted by Gasteiger charge is 2.05. The van der Waals surface area contributed by atoms with Crippen molar-refractivity contribution >= 4 is 22.4 Å². The second kappa shape index (κ2) is 4.70. The van der Waals surface area contributed by atoms with E-state index in [1.807, 2.05) is 30.3 Å². The molecule has 2 N–H and O–H groups in total. The predicted molar refractivity (Wildman–Crippen MR) is 64.1 cm³/mol. The standard InChI is InChI=1S/C12H12ClNO2/c1-16-12-6-8-2-3-11(13)5-9(8)4-10(12)7-14-15/h2-6,14-15H,7H2,1H3. The number of nitrogens with one attached hydrogen (secondary N) is 1. The van der Waals surface area contributed by atoms with Crippen molar-refractivity contribution in [3.8, 4) is 5.75 Å². The topological polar surface area (TPSA) is 41.5 Å². The normalized spacial score (nSPS) is 10.7. The van der Waals surface area contributed by atoms with Gasteiger partial charge in [0.1, 0.15) is 5.75 Å². The van der Waals surface area contributed by atoms with E-state index in [1.165, 1.54) is 0 Å². The lowest BCUT2D eigenvalue weighted by molar-refractivity contribution is 0.160. The van der Waals surface area contributed by atoms with Crippen LogP contribution in [0.15, 0.2) is 30.3 Å². The van der Waals surface area contributed by atoms with Crippen molar-refractivity contribution in [2.24, 2.45) is 0 Å². The predicted octanol–water partition coefficient (Wildman–Crippen LogP) is 2.98. The van der Waals surface area contributed by atoms with E-state index in [4.69, 9.17) is 21.5 Å². The molecule has 0 aromatic heterocycles. The SMILES string of the molecule is COc1cc2ccc(Cl)cc2cc1CNO. The Morgan fingerprint density at radius 1 is 1.25 bits per heavy atom. The average Bonchev–Trinajstić information content (AvgIpc) is 2.28. The molecule has 0 atom stereocenters. The molecule has 0 bridgehead atoms. The second-order valence-electron chi connectivity index (χ2n) is 3.49. The maximum absolute atomic E-state index is 8.73. The number of hydrogen-bond donors (Lipinski definition) is 2. The van der Waals surface area contributed by atoms with Crippen molar-refractivity contribution in [1.29, 1.82) is 0 Å². The highest BCUT2D eigenvalue weighted by atomic mass is 35.5. The molecule has 84 valence electrons. The molecule has 2 aromatic rings. The lowest BCUT2D eigenvalue weighted by atomic mass is 10.1. The van der Waals surface area contributed by atoms with Crippen molar-refractivity contribution in [1.82, 2.24) is 5.48 Å². The summed E-state index contributed by atoms with van der Waals surface area (Å²) in [7, 11) is 1.61. The van der Waals surface area contributed by atoms with Gasteiger partial charge in [-0.3, -0.25) is 0 Å². The molecule has 0 unspecified atom stereocenters. The van der Waals surface area contributed by atoms with Crippen molar-refractivity contribution in [2.45, 2.75) is 6.54 Å². The molecule has 2 aromatic carbocycles. The number of hydroxylamine groups is 1. The third kappa shape index (κ3) is 2.11. The van der Waals surface area contributed by atoms with Crippen LogP contribution < -0.4 is 10.2 Å². The van der Waals surface area contributed by atoms with Crippen LogP contribution in [0.4, 0.5) is 0 Å². The minimum absolute atomic E-state index is 0.339. The molecule has 0 saturated heterocycles. The molecular formula is C12H12ClNO2. The first-order chi connectivity index (χ1) is 7.74. The summed E-state index contributed by atoms with van der Waals surface area (Å²) in [5.41, 5.74) is 3.01. The maximum Gasteiger partial charge on any atom is 0.124 e. The van der Waals surface area contributed by atoms with E-state index in [-0.39, 0.29) is 0 Å². The van der Waals surface area contributed by atoms with E-state index < -0.39 is 0 Å². The van der Waals surface area contributed by atoms with E-state index in [1.54, 1.807) is 7.11 Å². The summed E-state index contributed by atoms with van der Waals surface area (Å²) >= 11 is 5.93. The maximum atomic E-state index is 8.73. The van der Waals surface area contributed by atoms with Gasteiger partial charge in [0.2, 0.25) is 0 Å². The van der Waals surface area contributed by atoms with Crippen LogP contribution in [0.5, 0.6) is 5.75 Å². The molecular weight excluding hydrogens is 226 g/mol. The first-order valence-corrected chi connectivity index (χ1v) is 5.25. The molecule has 4 heteroatoms. The number of methoxy groups -OCH3 is 1. The van der Waals surface area contributed by atoms with Gasteiger partial charge in [0.15, 0.2) is 0 Å². The van der Waals surface area contributed by atoms with Gasteiger partial charge in [0.05, 0.1) is 7.11 Å². The Labute approximate surface area is 98.6 Å². The molecule has 16 heavy (non-hydrogen) atoms. The minimum atomic E-state index is 0.339. The zero-order chi connectivity index (χ0) is 11.5. The van der Waals surface area contributed by atoms with Crippen molar-refractivity contribution < 1.29 is 9.94 Å². The zero-order valence-electron chi connectivity index (χ0n) is 8.83. The number of fused-ring (bicyclic) bond motifs is 1. The van der Waals surface area contributed by atoms with Crippen LogP contribution in [0.1, 0.15) is 5.56 Å². The number of rotatable bonds is 3. The fourth-order valence-electron chi connectivity index (χ4n) is 1.71. The third-order valence-electron chi connectivity index (χ3n) is 2.47. The molecule has 0 aliphatic rings. The molecule has 0 aliphatic heterocycles. The Bertz CT molecular complexity index is 514. The summed E-state index contributed by atoms with van der Waals surface area (Å²) in [5.74, 6) is 0.747. The first kappa shape index (κ1) is 11.2. The summed E-state index contributed by atoms with van der Waals surface area (Å²) in [6.07, 6.45) is 0. The Morgan fingerprint density at radius 2 is 2.06 bits per heavy atom. The third-order valence-corrected chi connectivity index (χ3v) is 2.71. The van der Waals surface area contributed by atoms with Crippen molar-refractivity contribution in [2.75, 3.05) is 7.11 Å². The number of halogens is 1. The largest absolute Gasteiger partial charge is 0.496 e. The lowest BCUT2D eigenvalue weighted by Gasteiger charge is -2.09. The van der Waals surface area contributed by atoms with Crippen LogP contribution in [0.25, 0.3) is 10.8 Å². The van der Waals surface area contributed by atoms with Crippen molar-refractivity contribution in [3.63, 3.8) is 0 Å². The van der Waals surface area contributed by atoms with Gasteiger partial charge in [-0.25, -0.2) is 5.48 Å². The van der Waals surface area contributed by atoms with Gasteiger partial charge in [-0.2, -0.15) is 0 Å². The Morgan fingerprint density at radius 3 is 2.75 bits per heavy atom. The highest BCUT2D eigenvalue weighted by Crippen LogP contribution is 2.27. The van der Waals surface area contributed by atoms with Crippen molar-refractivity contribution in [3.05, 3.63) is 40.9 Å².